The van der Waals surface area contributed by atoms with E-state index in [1.165, 1.54) is 51.8 Å². The predicted molar refractivity (Wildman–Crippen MR) is 152 cm³/mol. The highest BCUT2D eigenvalue weighted by Gasteiger charge is 2.13. The van der Waals surface area contributed by atoms with Gasteiger partial charge in [-0.1, -0.05) is 58.3 Å². The minimum atomic E-state index is -0.538. The fourth-order valence-corrected chi connectivity index (χ4v) is 3.82. The van der Waals surface area contributed by atoms with Gasteiger partial charge in [0.25, 0.3) is 5.91 Å². The molecule has 9 heteroatoms. The molecule has 0 aliphatic carbocycles. The third kappa shape index (κ3) is 12.5. The Kier molecular flexibility index (Phi) is 14.8. The van der Waals surface area contributed by atoms with E-state index in [1.54, 1.807) is 49.6 Å². The average molecular weight is 540 g/mol. The third-order valence-electron chi connectivity index (χ3n) is 6.07. The van der Waals surface area contributed by atoms with Crippen LogP contribution in [-0.2, 0) is 9.59 Å². The fraction of sp³-hybridized carbons (Fsp3) is 0.467. The molecule has 0 aliphatic heterocycles. The first-order chi connectivity index (χ1) is 19.0. The standard InChI is InChI=1S/C30H41N3O6/c1-4-5-6-7-8-9-10-11-12-13-28(34)31-22-29(35)33-32-21-23-14-19-26(27(20-23)38-3)39-30(36)24-15-17-25(37-2)18-16-24/h14-21H,4-13,22H2,1-3H3,(H,31,34)(H,33,35)/b32-21-. The largest absolute Gasteiger partial charge is 0.497 e. The van der Waals surface area contributed by atoms with Crippen molar-refractivity contribution in [2.45, 2.75) is 71.1 Å². The van der Waals surface area contributed by atoms with Crippen molar-refractivity contribution in [1.29, 1.82) is 0 Å². The van der Waals surface area contributed by atoms with Crippen molar-refractivity contribution in [2.75, 3.05) is 20.8 Å². The van der Waals surface area contributed by atoms with E-state index in [0.29, 0.717) is 29.0 Å². The summed E-state index contributed by atoms with van der Waals surface area (Å²) in [4.78, 5) is 36.4. The SMILES string of the molecule is CCCCCCCCCCCC(=O)NCC(=O)N/N=C\c1ccc(OC(=O)c2ccc(OC)cc2)c(OC)c1. The second-order valence-electron chi connectivity index (χ2n) is 9.18. The van der Waals surface area contributed by atoms with Crippen LogP contribution in [-0.4, -0.2) is 44.8 Å². The summed E-state index contributed by atoms with van der Waals surface area (Å²) < 4.78 is 15.9. The van der Waals surface area contributed by atoms with Crippen LogP contribution in [0.5, 0.6) is 17.2 Å². The molecule has 2 N–H and O–H groups in total. The van der Waals surface area contributed by atoms with Gasteiger partial charge < -0.3 is 19.5 Å². The van der Waals surface area contributed by atoms with Crippen LogP contribution in [0.4, 0.5) is 0 Å². The number of hydrogen-bond acceptors (Lipinski definition) is 7. The van der Waals surface area contributed by atoms with Crippen molar-refractivity contribution in [3.63, 3.8) is 0 Å². The van der Waals surface area contributed by atoms with Crippen LogP contribution in [0.25, 0.3) is 0 Å². The topological polar surface area (TPSA) is 115 Å². The van der Waals surface area contributed by atoms with Crippen molar-refractivity contribution in [3.8, 4) is 17.2 Å². The molecule has 0 unspecified atom stereocenters. The number of carbonyl (C=O) groups is 3. The van der Waals surface area contributed by atoms with E-state index in [9.17, 15) is 14.4 Å². The van der Waals surface area contributed by atoms with E-state index in [0.717, 1.165) is 19.3 Å². The Balaban J connectivity index is 1.69. The Hall–Kier alpha value is -3.88. The number of nitrogens with one attached hydrogen (secondary N) is 2. The molecule has 2 aromatic rings. The first-order valence-electron chi connectivity index (χ1n) is 13.6. The lowest BCUT2D eigenvalue weighted by atomic mass is 10.1. The monoisotopic (exact) mass is 539 g/mol. The second-order valence-corrected chi connectivity index (χ2v) is 9.18. The number of carbonyl (C=O) groups excluding carboxylic acids is 3. The Morgan fingerprint density at radius 3 is 2.10 bits per heavy atom. The smallest absolute Gasteiger partial charge is 0.343 e. The molecule has 0 fully saturated rings. The van der Waals surface area contributed by atoms with Gasteiger partial charge in [0, 0.05) is 6.42 Å². The Labute approximate surface area is 231 Å². The number of rotatable bonds is 18. The molecule has 0 spiro atoms. The summed E-state index contributed by atoms with van der Waals surface area (Å²) >= 11 is 0. The molecule has 2 amide bonds. The highest BCUT2D eigenvalue weighted by molar-refractivity contribution is 5.92. The van der Waals surface area contributed by atoms with E-state index in [4.69, 9.17) is 14.2 Å². The first-order valence-corrected chi connectivity index (χ1v) is 13.6. The van der Waals surface area contributed by atoms with Crippen LogP contribution >= 0.6 is 0 Å². The summed E-state index contributed by atoms with van der Waals surface area (Å²) in [5.41, 5.74) is 3.37. The summed E-state index contributed by atoms with van der Waals surface area (Å²) in [7, 11) is 3.01. The van der Waals surface area contributed by atoms with E-state index in [2.05, 4.69) is 22.8 Å². The molecule has 0 radical (unpaired) electrons. The molecule has 212 valence electrons. The van der Waals surface area contributed by atoms with Gasteiger partial charge in [0.2, 0.25) is 5.91 Å². The quantitative estimate of drug-likeness (QED) is 0.0861. The van der Waals surface area contributed by atoms with Gasteiger partial charge in [-0.3, -0.25) is 9.59 Å². The van der Waals surface area contributed by atoms with Crippen LogP contribution in [0.1, 0.15) is 87.1 Å². The molecule has 2 aromatic carbocycles. The molecular formula is C30H41N3O6. The fourth-order valence-electron chi connectivity index (χ4n) is 3.82. The Bertz CT molecular complexity index is 1070. The maximum absolute atomic E-state index is 12.4. The number of unbranched alkanes of at least 4 members (excludes halogenated alkanes) is 8. The van der Waals surface area contributed by atoms with Crippen LogP contribution < -0.4 is 25.0 Å². The summed E-state index contributed by atoms with van der Waals surface area (Å²) in [6, 6.07) is 11.4. The van der Waals surface area contributed by atoms with Crippen LogP contribution in [0.3, 0.4) is 0 Å². The zero-order valence-electron chi connectivity index (χ0n) is 23.3. The highest BCUT2D eigenvalue weighted by atomic mass is 16.6. The Morgan fingerprint density at radius 1 is 0.795 bits per heavy atom. The summed E-state index contributed by atoms with van der Waals surface area (Å²) in [6.07, 6.45) is 12.5. The second kappa shape index (κ2) is 18.4. The molecule has 0 aliphatic rings. The summed E-state index contributed by atoms with van der Waals surface area (Å²) in [5.74, 6) is 0.108. The molecule has 39 heavy (non-hydrogen) atoms. The number of methoxy groups -OCH3 is 2. The molecule has 0 bridgehead atoms. The maximum atomic E-state index is 12.4. The summed E-state index contributed by atoms with van der Waals surface area (Å²) in [5, 5.41) is 6.54. The molecule has 0 aromatic heterocycles. The number of hydrogen-bond donors (Lipinski definition) is 2. The minimum absolute atomic E-state index is 0.137. The van der Waals surface area contributed by atoms with E-state index in [1.807, 2.05) is 0 Å². The third-order valence-corrected chi connectivity index (χ3v) is 6.07. The Morgan fingerprint density at radius 2 is 1.46 bits per heavy atom. The number of nitrogens with zero attached hydrogens (tertiary/aromatic N) is 1. The average Bonchev–Trinajstić information content (AvgIpc) is 2.95. The van der Waals surface area contributed by atoms with Crippen molar-refractivity contribution in [1.82, 2.24) is 10.7 Å². The summed E-state index contributed by atoms with van der Waals surface area (Å²) in [6.45, 7) is 2.07. The number of amides is 2. The lowest BCUT2D eigenvalue weighted by Crippen LogP contribution is -2.34. The van der Waals surface area contributed by atoms with Gasteiger partial charge in [-0.05, 0) is 54.4 Å². The maximum Gasteiger partial charge on any atom is 0.343 e. The molecule has 0 atom stereocenters. The number of ether oxygens (including phenoxy) is 3. The van der Waals surface area contributed by atoms with Gasteiger partial charge in [0.05, 0.1) is 32.5 Å². The van der Waals surface area contributed by atoms with E-state index >= 15 is 0 Å². The lowest BCUT2D eigenvalue weighted by molar-refractivity contribution is -0.126. The molecule has 0 heterocycles. The lowest BCUT2D eigenvalue weighted by Gasteiger charge is -2.10. The van der Waals surface area contributed by atoms with Crippen LogP contribution in [0, 0.1) is 0 Å². The molecule has 9 nitrogen and oxygen atoms in total. The number of benzene rings is 2. The first kappa shape index (κ1) is 31.3. The highest BCUT2D eigenvalue weighted by Crippen LogP contribution is 2.28. The van der Waals surface area contributed by atoms with Gasteiger partial charge in [0.15, 0.2) is 11.5 Å². The van der Waals surface area contributed by atoms with E-state index in [-0.39, 0.29) is 18.2 Å². The van der Waals surface area contributed by atoms with Gasteiger partial charge in [-0.15, -0.1) is 0 Å². The number of esters is 1. The normalized spacial score (nSPS) is 10.7. The van der Waals surface area contributed by atoms with Crippen molar-refractivity contribution in [2.24, 2.45) is 5.10 Å². The van der Waals surface area contributed by atoms with Crippen LogP contribution in [0.2, 0.25) is 0 Å². The van der Waals surface area contributed by atoms with Gasteiger partial charge in [-0.2, -0.15) is 5.10 Å². The molecular weight excluding hydrogens is 498 g/mol. The van der Waals surface area contributed by atoms with Crippen molar-refractivity contribution >= 4 is 24.0 Å². The zero-order chi connectivity index (χ0) is 28.3. The predicted octanol–water partition coefficient (Wildman–Crippen LogP) is 5.41. The minimum Gasteiger partial charge on any atom is -0.497 e. The van der Waals surface area contributed by atoms with Gasteiger partial charge in [-0.25, -0.2) is 10.2 Å². The van der Waals surface area contributed by atoms with Crippen molar-refractivity contribution in [3.05, 3.63) is 53.6 Å². The molecule has 0 saturated heterocycles. The molecule has 0 saturated carbocycles. The number of hydrazone groups is 1. The van der Waals surface area contributed by atoms with E-state index < -0.39 is 11.9 Å². The zero-order valence-corrected chi connectivity index (χ0v) is 23.3. The van der Waals surface area contributed by atoms with Crippen molar-refractivity contribution < 1.29 is 28.6 Å². The van der Waals surface area contributed by atoms with Crippen LogP contribution in [0.15, 0.2) is 47.6 Å². The van der Waals surface area contributed by atoms with Gasteiger partial charge >= 0.3 is 5.97 Å². The molecule has 2 rings (SSSR count). The van der Waals surface area contributed by atoms with Gasteiger partial charge in [0.1, 0.15) is 5.75 Å².